The van der Waals surface area contributed by atoms with E-state index < -0.39 is 66.6 Å². The molecule has 0 heterocycles. The van der Waals surface area contributed by atoms with Gasteiger partial charge in [0.25, 0.3) is 0 Å². The lowest BCUT2D eigenvalue weighted by atomic mass is 9.97. The molecular weight excluding hydrogens is 424 g/mol. The zero-order valence-electron chi connectivity index (χ0n) is 18.3. The van der Waals surface area contributed by atoms with E-state index in [2.05, 4.69) is 20.9 Å². The summed E-state index contributed by atoms with van der Waals surface area (Å²) in [6.45, 7) is 3.22. The van der Waals surface area contributed by atoms with Crippen LogP contribution in [0.2, 0.25) is 0 Å². The van der Waals surface area contributed by atoms with Crippen molar-refractivity contribution in [3.63, 3.8) is 0 Å². The Morgan fingerprint density at radius 1 is 0.969 bits per heavy atom. The molecule has 14 nitrogen and oxygen atoms in total. The first-order chi connectivity index (χ1) is 14.9. The summed E-state index contributed by atoms with van der Waals surface area (Å²) in [6.07, 6.45) is 0.308. The molecule has 0 spiro atoms. The van der Waals surface area contributed by atoms with Crippen LogP contribution in [0.15, 0.2) is 4.99 Å². The van der Waals surface area contributed by atoms with Crippen molar-refractivity contribution in [2.45, 2.75) is 57.7 Å². The van der Waals surface area contributed by atoms with E-state index >= 15 is 0 Å². The monoisotopic (exact) mass is 458 g/mol. The van der Waals surface area contributed by atoms with Gasteiger partial charge in [0, 0.05) is 6.54 Å². The molecule has 12 N–H and O–H groups in total. The first-order valence-electron chi connectivity index (χ1n) is 10.1. The van der Waals surface area contributed by atoms with Gasteiger partial charge in [0.15, 0.2) is 5.96 Å². The van der Waals surface area contributed by atoms with Crippen molar-refractivity contribution in [3.05, 3.63) is 0 Å². The minimum atomic E-state index is -1.34. The van der Waals surface area contributed by atoms with Crippen LogP contribution >= 0.6 is 0 Å². The third-order valence-corrected chi connectivity index (χ3v) is 4.60. The molecule has 0 aliphatic heterocycles. The molecule has 4 unspecified atom stereocenters. The molecule has 0 aromatic carbocycles. The number of rotatable bonds is 15. The zero-order chi connectivity index (χ0) is 24.8. The number of primary amides is 1. The summed E-state index contributed by atoms with van der Waals surface area (Å²) in [6, 6.07) is -3.70. The number of guanidine groups is 1. The maximum Gasteiger partial charge on any atom is 0.326 e. The fourth-order valence-electron chi connectivity index (χ4n) is 2.64. The minimum absolute atomic E-state index is 0.0515. The molecule has 0 aromatic rings. The molecule has 0 saturated carbocycles. The highest BCUT2D eigenvalue weighted by atomic mass is 16.4. The standard InChI is InChI=1S/C18H34N8O6/c1-3-9(2)14(26-15(29)11(7-12(20)27)24-13(28)8-19)16(30)25-10(17(31)32)5-4-6-23-18(21)22/h9-11,14H,3-8,19H2,1-2H3,(H2,20,27)(H,24,28)(H,25,30)(H,26,29)(H,31,32)(H4,21,22,23). The summed E-state index contributed by atoms with van der Waals surface area (Å²) in [5, 5.41) is 16.5. The molecule has 0 saturated heterocycles. The minimum Gasteiger partial charge on any atom is -0.480 e. The Labute approximate surface area is 185 Å². The molecule has 14 heteroatoms. The summed E-state index contributed by atoms with van der Waals surface area (Å²) in [5.74, 6) is -4.89. The Morgan fingerprint density at radius 3 is 2.06 bits per heavy atom. The summed E-state index contributed by atoms with van der Waals surface area (Å²) in [5.41, 5.74) is 20.8. The number of carboxylic acids is 1. The summed E-state index contributed by atoms with van der Waals surface area (Å²) >= 11 is 0. The van der Waals surface area contributed by atoms with Crippen LogP contribution in [0, 0.1) is 5.92 Å². The third kappa shape index (κ3) is 11.1. The van der Waals surface area contributed by atoms with Crippen molar-refractivity contribution in [2.75, 3.05) is 13.1 Å². The number of amides is 4. The number of nitrogens with two attached hydrogens (primary N) is 4. The number of hydrogen-bond acceptors (Lipinski definition) is 7. The number of nitrogens with zero attached hydrogens (tertiary/aromatic N) is 1. The van der Waals surface area contributed by atoms with Gasteiger partial charge in [-0.2, -0.15) is 0 Å². The molecule has 182 valence electrons. The van der Waals surface area contributed by atoms with Crippen LogP contribution in [-0.4, -0.2) is 71.9 Å². The van der Waals surface area contributed by atoms with Gasteiger partial charge in [-0.25, -0.2) is 4.79 Å². The average Bonchev–Trinajstić information content (AvgIpc) is 2.71. The predicted octanol–water partition coefficient (Wildman–Crippen LogP) is -3.54. The molecular formula is C18H34N8O6. The molecule has 0 radical (unpaired) electrons. The molecule has 32 heavy (non-hydrogen) atoms. The van der Waals surface area contributed by atoms with Crippen molar-refractivity contribution in [1.29, 1.82) is 0 Å². The van der Waals surface area contributed by atoms with E-state index in [1.807, 2.05) is 0 Å². The van der Waals surface area contributed by atoms with Crippen molar-refractivity contribution < 1.29 is 29.1 Å². The number of nitrogens with one attached hydrogen (secondary N) is 3. The van der Waals surface area contributed by atoms with Crippen LogP contribution < -0.4 is 38.9 Å². The van der Waals surface area contributed by atoms with Gasteiger partial charge in [0.05, 0.1) is 13.0 Å². The number of aliphatic carboxylic acids is 1. The normalized spacial score (nSPS) is 14.2. The van der Waals surface area contributed by atoms with Crippen molar-refractivity contribution in [3.8, 4) is 0 Å². The van der Waals surface area contributed by atoms with Gasteiger partial charge in [0.1, 0.15) is 18.1 Å². The maximum atomic E-state index is 12.8. The van der Waals surface area contributed by atoms with Crippen molar-refractivity contribution in [2.24, 2.45) is 33.8 Å². The second-order valence-electron chi connectivity index (χ2n) is 7.21. The quantitative estimate of drug-likeness (QED) is 0.0685. The lowest BCUT2D eigenvalue weighted by Gasteiger charge is -2.27. The molecule has 0 rings (SSSR count). The first-order valence-corrected chi connectivity index (χ1v) is 10.1. The molecule has 0 aliphatic carbocycles. The molecule has 4 amide bonds. The summed E-state index contributed by atoms with van der Waals surface area (Å²) in [4.78, 5) is 63.6. The van der Waals surface area contributed by atoms with E-state index in [0.717, 1.165) is 0 Å². The Balaban J connectivity index is 5.38. The van der Waals surface area contributed by atoms with Crippen LogP contribution in [0.4, 0.5) is 0 Å². The Morgan fingerprint density at radius 2 is 1.59 bits per heavy atom. The Bertz CT molecular complexity index is 710. The lowest BCUT2D eigenvalue weighted by Crippen LogP contribution is -2.58. The van der Waals surface area contributed by atoms with Crippen LogP contribution in [-0.2, 0) is 24.0 Å². The highest BCUT2D eigenvalue weighted by molar-refractivity contribution is 5.95. The molecule has 0 bridgehead atoms. The van der Waals surface area contributed by atoms with Gasteiger partial charge in [-0.3, -0.25) is 24.2 Å². The van der Waals surface area contributed by atoms with Crippen LogP contribution in [0.3, 0.4) is 0 Å². The van der Waals surface area contributed by atoms with Crippen LogP contribution in [0.1, 0.15) is 39.5 Å². The highest BCUT2D eigenvalue weighted by Gasteiger charge is 2.32. The maximum absolute atomic E-state index is 12.8. The number of carbonyl (C=O) groups is 5. The topological polar surface area (TPSA) is 258 Å². The lowest BCUT2D eigenvalue weighted by molar-refractivity contribution is -0.143. The van der Waals surface area contributed by atoms with Gasteiger partial charge in [0.2, 0.25) is 23.6 Å². The number of aliphatic imine (C=N–C) groups is 1. The molecule has 0 aromatic heterocycles. The average molecular weight is 459 g/mol. The molecule has 4 atom stereocenters. The molecule has 0 aliphatic rings. The van der Waals surface area contributed by atoms with E-state index in [1.165, 1.54) is 0 Å². The Kier molecular flexibility index (Phi) is 13.0. The van der Waals surface area contributed by atoms with Crippen molar-refractivity contribution in [1.82, 2.24) is 16.0 Å². The predicted molar refractivity (Wildman–Crippen MR) is 116 cm³/mol. The SMILES string of the molecule is CCC(C)C(NC(=O)C(CC(N)=O)NC(=O)CN)C(=O)NC(CCCN=C(N)N)C(=O)O. The second kappa shape index (κ2) is 14.6. The van der Waals surface area contributed by atoms with Gasteiger partial charge >= 0.3 is 5.97 Å². The van der Waals surface area contributed by atoms with E-state index in [9.17, 15) is 29.1 Å². The summed E-state index contributed by atoms with van der Waals surface area (Å²) in [7, 11) is 0. The number of hydrogen-bond donors (Lipinski definition) is 8. The largest absolute Gasteiger partial charge is 0.480 e. The van der Waals surface area contributed by atoms with Gasteiger partial charge in [-0.1, -0.05) is 20.3 Å². The fraction of sp³-hybridized carbons (Fsp3) is 0.667. The summed E-state index contributed by atoms with van der Waals surface area (Å²) < 4.78 is 0. The van der Waals surface area contributed by atoms with Gasteiger partial charge in [-0.05, 0) is 18.8 Å². The van der Waals surface area contributed by atoms with E-state index in [-0.39, 0.29) is 18.9 Å². The zero-order valence-corrected chi connectivity index (χ0v) is 18.3. The van der Waals surface area contributed by atoms with E-state index in [4.69, 9.17) is 22.9 Å². The fourth-order valence-corrected chi connectivity index (χ4v) is 2.64. The first kappa shape index (κ1) is 28.6. The number of carbonyl (C=O) groups excluding carboxylic acids is 4. The number of carboxylic acid groups (broad SMARTS) is 1. The van der Waals surface area contributed by atoms with Gasteiger partial charge in [-0.15, -0.1) is 0 Å². The Hall–Kier alpha value is -3.42. The van der Waals surface area contributed by atoms with Crippen molar-refractivity contribution >= 4 is 35.6 Å². The smallest absolute Gasteiger partial charge is 0.326 e. The van der Waals surface area contributed by atoms with Crippen LogP contribution in [0.5, 0.6) is 0 Å². The van der Waals surface area contributed by atoms with E-state index in [1.54, 1.807) is 13.8 Å². The molecule has 0 fully saturated rings. The highest BCUT2D eigenvalue weighted by Crippen LogP contribution is 2.10. The van der Waals surface area contributed by atoms with Gasteiger partial charge < -0.3 is 44.0 Å². The third-order valence-electron chi connectivity index (χ3n) is 4.60. The second-order valence-corrected chi connectivity index (χ2v) is 7.21. The van der Waals surface area contributed by atoms with E-state index in [0.29, 0.717) is 12.8 Å². The van der Waals surface area contributed by atoms with Crippen LogP contribution in [0.25, 0.3) is 0 Å².